The fourth-order valence-corrected chi connectivity index (χ4v) is 8.44. The lowest BCUT2D eigenvalue weighted by Gasteiger charge is -2.30. The van der Waals surface area contributed by atoms with Gasteiger partial charge in [0.05, 0.1) is 32.2 Å². The Morgan fingerprint density at radius 1 is 0.700 bits per heavy atom. The molecule has 60 heavy (non-hydrogen) atoms. The third kappa shape index (κ3) is 8.73. The number of hydrogen-bond acceptors (Lipinski definition) is 9. The number of nitrogens with one attached hydrogen (secondary N) is 3. The van der Waals surface area contributed by atoms with Gasteiger partial charge in [0, 0.05) is 13.1 Å². The highest BCUT2D eigenvalue weighted by atomic mass is 16.5. The number of amides is 4. The van der Waals surface area contributed by atoms with E-state index in [1.54, 1.807) is 4.90 Å². The molecule has 14 nitrogen and oxygen atoms in total. The molecule has 6 atom stereocenters. The van der Waals surface area contributed by atoms with Crippen molar-refractivity contribution in [1.82, 2.24) is 35.4 Å². The predicted octanol–water partition coefficient (Wildman–Crippen LogP) is 8.13. The molecule has 3 aromatic carbocycles. The summed E-state index contributed by atoms with van der Waals surface area (Å²) in [6.45, 7) is 12.9. The Labute approximate surface area is 350 Å². The number of alkyl carbamates (subject to hydrolysis) is 2. The van der Waals surface area contributed by atoms with E-state index in [2.05, 4.69) is 78.0 Å². The van der Waals surface area contributed by atoms with Crippen LogP contribution in [-0.4, -0.2) is 88.1 Å². The second-order valence-corrected chi connectivity index (χ2v) is 17.0. The number of oxazole rings is 1. The van der Waals surface area contributed by atoms with Gasteiger partial charge in [0.25, 0.3) is 0 Å². The first kappa shape index (κ1) is 42.0. The first-order valence-corrected chi connectivity index (χ1v) is 20.7. The van der Waals surface area contributed by atoms with Gasteiger partial charge in [-0.2, -0.15) is 0 Å². The molecular formula is C46H55N7O7. The van der Waals surface area contributed by atoms with Gasteiger partial charge in [0.2, 0.25) is 17.7 Å². The molecule has 4 amide bonds. The Kier molecular flexibility index (Phi) is 12.3. The van der Waals surface area contributed by atoms with Gasteiger partial charge in [-0.1, -0.05) is 96.1 Å². The molecule has 0 radical (unpaired) electrons. The smallest absolute Gasteiger partial charge is 0.407 e. The Balaban J connectivity index is 1.03. The second kappa shape index (κ2) is 17.6. The van der Waals surface area contributed by atoms with Gasteiger partial charge >= 0.3 is 12.2 Å². The van der Waals surface area contributed by atoms with Gasteiger partial charge in [0.1, 0.15) is 29.5 Å². The summed E-state index contributed by atoms with van der Waals surface area (Å²) in [7, 11) is 2.58. The van der Waals surface area contributed by atoms with Gasteiger partial charge in [-0.15, -0.1) is 0 Å². The van der Waals surface area contributed by atoms with Crippen molar-refractivity contribution in [3.63, 3.8) is 0 Å². The van der Waals surface area contributed by atoms with Gasteiger partial charge in [-0.3, -0.25) is 9.59 Å². The molecule has 5 aromatic rings. The number of rotatable bonds is 11. The minimum absolute atomic E-state index is 0.116. The Morgan fingerprint density at radius 3 is 1.68 bits per heavy atom. The first-order chi connectivity index (χ1) is 28.7. The Bertz CT molecular complexity index is 2330. The Morgan fingerprint density at radius 2 is 1.17 bits per heavy atom. The number of carbonyl (C=O) groups excluding carboxylic acids is 4. The van der Waals surface area contributed by atoms with E-state index in [-0.39, 0.29) is 47.6 Å². The van der Waals surface area contributed by atoms with Crippen LogP contribution in [0, 0.1) is 23.7 Å². The molecule has 0 bridgehead atoms. The standard InChI is InChI=1S/C46H55N7O7/c1-25(2)39(50-45(56)58-7)43(54)52-23-27(5)19-36(52)41-47-22-35(48-41)32-15-13-30(14-16-32)29-9-11-31(12-10-29)33-17-18-34-38(21-33)60-42(49-34)37-20-28(6)24-53(37)44(55)40(26(3)4)51-46(57)59-8/h9-18,21-22,25-28,36-37,39-40H,19-20,23-24H2,1-8H3,(H,47,48)(H,50,56)(H,51,57)/t27-,28-,36-,37-,39-,40-/m0/s1. The largest absolute Gasteiger partial charge is 0.453 e. The fourth-order valence-electron chi connectivity index (χ4n) is 8.44. The van der Waals surface area contributed by atoms with E-state index in [0.717, 1.165) is 45.8 Å². The molecule has 0 aliphatic carbocycles. The number of imidazole rings is 1. The van der Waals surface area contributed by atoms with Crippen LogP contribution in [0.4, 0.5) is 9.59 Å². The Hall–Kier alpha value is -6.18. The summed E-state index contributed by atoms with van der Waals surface area (Å²) in [5, 5.41) is 5.41. The number of carbonyl (C=O) groups is 4. The van der Waals surface area contributed by atoms with Crippen molar-refractivity contribution in [3.8, 4) is 33.5 Å². The summed E-state index contributed by atoms with van der Waals surface area (Å²) in [4.78, 5) is 68.1. The van der Waals surface area contributed by atoms with Crippen molar-refractivity contribution >= 4 is 35.1 Å². The van der Waals surface area contributed by atoms with Gasteiger partial charge in [-0.25, -0.2) is 19.6 Å². The summed E-state index contributed by atoms with van der Waals surface area (Å²) in [6.07, 6.45) is 2.01. The molecule has 3 N–H and O–H groups in total. The average molecular weight is 818 g/mol. The molecule has 7 rings (SSSR count). The van der Waals surface area contributed by atoms with Crippen molar-refractivity contribution in [2.45, 2.75) is 78.6 Å². The molecular weight excluding hydrogens is 763 g/mol. The van der Waals surface area contributed by atoms with Crippen LogP contribution in [0.5, 0.6) is 0 Å². The molecule has 2 fully saturated rings. The lowest BCUT2D eigenvalue weighted by Crippen LogP contribution is -2.51. The summed E-state index contributed by atoms with van der Waals surface area (Å²) in [5.74, 6) is 1.15. The molecule has 14 heteroatoms. The highest BCUT2D eigenvalue weighted by molar-refractivity contribution is 5.87. The number of ether oxygens (including phenoxy) is 2. The molecule has 0 spiro atoms. The van der Waals surface area contributed by atoms with E-state index in [0.29, 0.717) is 36.5 Å². The summed E-state index contributed by atoms with van der Waals surface area (Å²) >= 11 is 0. The van der Waals surface area contributed by atoms with E-state index in [4.69, 9.17) is 23.9 Å². The van der Waals surface area contributed by atoms with E-state index in [1.165, 1.54) is 14.2 Å². The van der Waals surface area contributed by atoms with Crippen LogP contribution in [-0.2, 0) is 19.1 Å². The second-order valence-electron chi connectivity index (χ2n) is 17.0. The summed E-state index contributed by atoms with van der Waals surface area (Å²) in [5.41, 5.74) is 7.31. The molecule has 0 unspecified atom stereocenters. The lowest BCUT2D eigenvalue weighted by atomic mass is 9.99. The number of H-pyrrole nitrogens is 1. The van der Waals surface area contributed by atoms with Crippen LogP contribution in [0.25, 0.3) is 44.6 Å². The lowest BCUT2D eigenvalue weighted by molar-refractivity contribution is -0.136. The third-order valence-corrected chi connectivity index (χ3v) is 11.7. The minimum Gasteiger partial charge on any atom is -0.453 e. The van der Waals surface area contributed by atoms with Crippen LogP contribution in [0.2, 0.25) is 0 Å². The zero-order valence-electron chi connectivity index (χ0n) is 35.5. The minimum atomic E-state index is -0.729. The molecule has 316 valence electrons. The number of hydrogen-bond donors (Lipinski definition) is 3. The quantitative estimate of drug-likeness (QED) is 0.119. The normalized spacial score (nSPS) is 20.1. The maximum Gasteiger partial charge on any atom is 0.407 e. The number of aromatic amines is 1. The van der Waals surface area contributed by atoms with Crippen LogP contribution >= 0.6 is 0 Å². The number of nitrogens with zero attached hydrogens (tertiary/aromatic N) is 4. The number of likely N-dealkylation sites (tertiary alicyclic amines) is 2. The van der Waals surface area contributed by atoms with E-state index in [9.17, 15) is 19.2 Å². The SMILES string of the molecule is COC(=O)N[C@H](C(=O)N1C[C@@H](C)C[C@H]1c1ncc(-c2ccc(-c3ccc(-c4ccc5nc([C@@H]6C[C@H](C)CN6C(=O)[C@@H](NC(=O)OC)C(C)C)oc5c4)cc3)cc2)[nH]1)C(C)C. The summed E-state index contributed by atoms with van der Waals surface area (Å²) in [6, 6.07) is 20.6. The van der Waals surface area contributed by atoms with Crippen LogP contribution < -0.4 is 10.6 Å². The van der Waals surface area contributed by atoms with Crippen molar-refractivity contribution < 1.29 is 33.1 Å². The van der Waals surface area contributed by atoms with E-state index < -0.39 is 24.3 Å². The van der Waals surface area contributed by atoms with Crippen molar-refractivity contribution in [2.24, 2.45) is 23.7 Å². The van der Waals surface area contributed by atoms with Crippen LogP contribution in [0.3, 0.4) is 0 Å². The van der Waals surface area contributed by atoms with Gasteiger partial charge < -0.3 is 39.3 Å². The molecule has 4 heterocycles. The third-order valence-electron chi connectivity index (χ3n) is 11.7. The molecule has 2 aliphatic rings. The topological polar surface area (TPSA) is 172 Å². The summed E-state index contributed by atoms with van der Waals surface area (Å²) < 4.78 is 15.9. The van der Waals surface area contributed by atoms with E-state index >= 15 is 0 Å². The zero-order valence-corrected chi connectivity index (χ0v) is 35.5. The number of fused-ring (bicyclic) bond motifs is 1. The molecule has 2 saturated heterocycles. The van der Waals surface area contributed by atoms with Gasteiger partial charge in [-0.05, 0) is 76.5 Å². The van der Waals surface area contributed by atoms with E-state index in [1.807, 2.05) is 57.0 Å². The molecule has 2 aromatic heterocycles. The average Bonchev–Trinajstić information content (AvgIpc) is 4.06. The van der Waals surface area contributed by atoms with Crippen molar-refractivity contribution in [2.75, 3.05) is 27.3 Å². The predicted molar refractivity (Wildman–Crippen MR) is 227 cm³/mol. The first-order valence-electron chi connectivity index (χ1n) is 20.7. The maximum absolute atomic E-state index is 13.7. The number of aromatic nitrogens is 3. The fraction of sp³-hybridized carbons (Fsp3) is 0.435. The molecule has 2 aliphatic heterocycles. The van der Waals surface area contributed by atoms with Gasteiger partial charge in [0.15, 0.2) is 5.58 Å². The number of benzene rings is 3. The molecule has 0 saturated carbocycles. The number of methoxy groups -OCH3 is 2. The highest BCUT2D eigenvalue weighted by Gasteiger charge is 2.42. The van der Waals surface area contributed by atoms with Crippen LogP contribution in [0.1, 0.15) is 78.2 Å². The van der Waals surface area contributed by atoms with Crippen molar-refractivity contribution in [1.29, 1.82) is 0 Å². The monoisotopic (exact) mass is 817 g/mol. The maximum atomic E-state index is 13.7. The highest BCUT2D eigenvalue weighted by Crippen LogP contribution is 2.39. The van der Waals surface area contributed by atoms with Crippen LogP contribution in [0.15, 0.2) is 77.3 Å². The van der Waals surface area contributed by atoms with Crippen molar-refractivity contribution in [3.05, 3.63) is 84.6 Å². The zero-order chi connectivity index (χ0) is 42.8.